The molecule has 1 unspecified atom stereocenters. The summed E-state index contributed by atoms with van der Waals surface area (Å²) in [6, 6.07) is 1.29. The van der Waals surface area contributed by atoms with Crippen molar-refractivity contribution >= 4 is 35.4 Å². The average molecular weight is 480 g/mol. The molecule has 0 heterocycles. The molecule has 1 aromatic rings. The molecule has 0 aromatic heterocycles. The maximum absolute atomic E-state index is 12.9. The average Bonchev–Trinajstić information content (AvgIpc) is 2.77. The molecule has 0 aliphatic rings. The molecule has 0 radical (unpaired) electrons. The monoisotopic (exact) mass is 479 g/mol. The van der Waals surface area contributed by atoms with Crippen LogP contribution in [-0.2, 0) is 19.1 Å². The second kappa shape index (κ2) is 13.7. The third-order valence-corrected chi connectivity index (χ3v) is 5.13. The number of phenolic OH excluding ortho intramolecular Hbond substituents is 1. The van der Waals surface area contributed by atoms with Crippen LogP contribution in [0.4, 0.5) is 10.5 Å². The summed E-state index contributed by atoms with van der Waals surface area (Å²) in [6.45, 7) is 5.16. The van der Waals surface area contributed by atoms with Crippen molar-refractivity contribution in [3.63, 3.8) is 0 Å². The number of benzene rings is 1. The summed E-state index contributed by atoms with van der Waals surface area (Å²) in [7, 11) is 1.17. The van der Waals surface area contributed by atoms with E-state index in [9.17, 15) is 29.1 Å². The summed E-state index contributed by atoms with van der Waals surface area (Å²) in [5.74, 6) is -2.82. The second-order valence-electron chi connectivity index (χ2n) is 7.77. The zero-order valence-corrected chi connectivity index (χ0v) is 19.8. The first-order valence-electron chi connectivity index (χ1n) is 10.8. The number of methoxy groups -OCH3 is 1. The minimum absolute atomic E-state index is 0.0745. The molecule has 0 fully saturated rings. The third kappa shape index (κ3) is 8.96. The van der Waals surface area contributed by atoms with Crippen LogP contribution >= 0.6 is 0 Å². The molecule has 3 atom stereocenters. The van der Waals surface area contributed by atoms with E-state index in [4.69, 9.17) is 5.73 Å². The molecule has 7 N–H and O–H groups in total. The van der Waals surface area contributed by atoms with Crippen LogP contribution in [0.1, 0.15) is 50.4 Å². The first kappa shape index (κ1) is 28.2. The number of esters is 1. The summed E-state index contributed by atoms with van der Waals surface area (Å²) in [5, 5.41) is 20.3. The van der Waals surface area contributed by atoms with Gasteiger partial charge < -0.3 is 36.8 Å². The Morgan fingerprint density at radius 3 is 2.32 bits per heavy atom. The molecule has 0 aliphatic heterocycles. The number of ether oxygens (including phenoxy) is 1. The number of phenols is 1. The largest absolute Gasteiger partial charge is 0.507 e. The highest BCUT2D eigenvalue weighted by Crippen LogP contribution is 2.23. The lowest BCUT2D eigenvalue weighted by Crippen LogP contribution is -2.54. The Morgan fingerprint density at radius 1 is 1.12 bits per heavy atom. The second-order valence-corrected chi connectivity index (χ2v) is 7.77. The molecule has 12 heteroatoms. The van der Waals surface area contributed by atoms with Gasteiger partial charge in [-0.15, -0.1) is 0 Å². The van der Waals surface area contributed by atoms with Crippen molar-refractivity contribution in [2.45, 2.75) is 52.1 Å². The fourth-order valence-electron chi connectivity index (χ4n) is 3.09. The predicted molar refractivity (Wildman–Crippen MR) is 124 cm³/mol. The lowest BCUT2D eigenvalue weighted by molar-refractivity contribution is -0.131. The number of aromatic hydroxyl groups is 1. The standard InChI is InChI=1S/C22H33N5O7/c1-5-12(2)18(25-13(3)28)20(31)27-16(7-6-10-24-22(23)33)19(30)26-14-8-9-15(17(29)11-14)21(32)34-4/h8-9,11-12,16,18,29H,5-7,10H2,1-4H3,(H,25,28)(H,26,30)(H,27,31)(H3,23,24,33)/t12?,16-,18-/m0/s1. The summed E-state index contributed by atoms with van der Waals surface area (Å²) < 4.78 is 4.57. The minimum atomic E-state index is -1.02. The maximum Gasteiger partial charge on any atom is 0.341 e. The van der Waals surface area contributed by atoms with Gasteiger partial charge in [0.2, 0.25) is 17.7 Å². The van der Waals surface area contributed by atoms with E-state index in [-0.39, 0.29) is 36.0 Å². The van der Waals surface area contributed by atoms with Crippen LogP contribution < -0.4 is 27.0 Å². The number of urea groups is 1. The quantitative estimate of drug-likeness (QED) is 0.187. The van der Waals surface area contributed by atoms with E-state index in [0.29, 0.717) is 12.8 Å². The van der Waals surface area contributed by atoms with Crippen molar-refractivity contribution in [1.82, 2.24) is 16.0 Å². The molecular weight excluding hydrogens is 446 g/mol. The van der Waals surface area contributed by atoms with Gasteiger partial charge in [-0.2, -0.15) is 0 Å². The Labute approximate surface area is 198 Å². The Hall–Kier alpha value is -3.83. The Morgan fingerprint density at radius 2 is 1.79 bits per heavy atom. The third-order valence-electron chi connectivity index (χ3n) is 5.13. The molecule has 0 bridgehead atoms. The lowest BCUT2D eigenvalue weighted by Gasteiger charge is -2.26. The number of carbonyl (C=O) groups is 5. The van der Waals surface area contributed by atoms with E-state index in [1.165, 1.54) is 32.2 Å². The number of hydrogen-bond donors (Lipinski definition) is 6. The van der Waals surface area contributed by atoms with Gasteiger partial charge in [0.25, 0.3) is 0 Å². The molecule has 1 rings (SSSR count). The van der Waals surface area contributed by atoms with Gasteiger partial charge in [0, 0.05) is 25.2 Å². The zero-order valence-electron chi connectivity index (χ0n) is 19.8. The number of nitrogens with one attached hydrogen (secondary N) is 4. The summed E-state index contributed by atoms with van der Waals surface area (Å²) in [6.07, 6.45) is 1.09. The van der Waals surface area contributed by atoms with Gasteiger partial charge in [0.05, 0.1) is 7.11 Å². The van der Waals surface area contributed by atoms with E-state index in [2.05, 4.69) is 26.0 Å². The van der Waals surface area contributed by atoms with Crippen LogP contribution in [0.25, 0.3) is 0 Å². The topological polar surface area (TPSA) is 189 Å². The van der Waals surface area contributed by atoms with Crippen molar-refractivity contribution in [2.24, 2.45) is 11.7 Å². The van der Waals surface area contributed by atoms with Crippen molar-refractivity contribution < 1.29 is 33.8 Å². The Bertz CT molecular complexity index is 906. The molecule has 12 nitrogen and oxygen atoms in total. The minimum Gasteiger partial charge on any atom is -0.507 e. The Balaban J connectivity index is 3.03. The van der Waals surface area contributed by atoms with Crippen LogP contribution in [0.2, 0.25) is 0 Å². The number of anilines is 1. The fraction of sp³-hybridized carbons (Fsp3) is 0.500. The number of hydrogen-bond acceptors (Lipinski definition) is 7. The highest BCUT2D eigenvalue weighted by Gasteiger charge is 2.29. The van der Waals surface area contributed by atoms with E-state index >= 15 is 0 Å². The van der Waals surface area contributed by atoms with Crippen LogP contribution in [0.15, 0.2) is 18.2 Å². The molecule has 34 heavy (non-hydrogen) atoms. The van der Waals surface area contributed by atoms with Crippen LogP contribution in [0, 0.1) is 5.92 Å². The molecule has 188 valence electrons. The lowest BCUT2D eigenvalue weighted by atomic mass is 9.97. The van der Waals surface area contributed by atoms with Crippen molar-refractivity contribution in [3.05, 3.63) is 23.8 Å². The summed E-state index contributed by atoms with van der Waals surface area (Å²) in [4.78, 5) is 59.9. The predicted octanol–water partition coefficient (Wildman–Crippen LogP) is 0.601. The van der Waals surface area contributed by atoms with E-state index in [1.807, 2.05) is 6.92 Å². The highest BCUT2D eigenvalue weighted by molar-refractivity contribution is 5.99. The van der Waals surface area contributed by atoms with Gasteiger partial charge in [0.15, 0.2) is 0 Å². The number of primary amides is 1. The van der Waals surface area contributed by atoms with Gasteiger partial charge in [0.1, 0.15) is 23.4 Å². The van der Waals surface area contributed by atoms with Gasteiger partial charge in [-0.25, -0.2) is 9.59 Å². The van der Waals surface area contributed by atoms with E-state index in [1.54, 1.807) is 6.92 Å². The zero-order chi connectivity index (χ0) is 25.8. The highest BCUT2D eigenvalue weighted by atomic mass is 16.5. The normalized spacial score (nSPS) is 13.1. The van der Waals surface area contributed by atoms with E-state index in [0.717, 1.165) is 0 Å². The van der Waals surface area contributed by atoms with Gasteiger partial charge in [-0.3, -0.25) is 14.4 Å². The molecule has 0 spiro atoms. The maximum atomic E-state index is 12.9. The van der Waals surface area contributed by atoms with Crippen LogP contribution in [-0.4, -0.2) is 60.6 Å². The number of amides is 5. The molecule has 0 saturated heterocycles. The first-order valence-corrected chi connectivity index (χ1v) is 10.8. The molecule has 0 saturated carbocycles. The number of rotatable bonds is 12. The van der Waals surface area contributed by atoms with E-state index < -0.39 is 41.6 Å². The number of nitrogens with two attached hydrogens (primary N) is 1. The molecule has 5 amide bonds. The SMILES string of the molecule is CCC(C)[C@H](NC(C)=O)C(=O)N[C@@H](CCCNC(N)=O)C(=O)Nc1ccc(C(=O)OC)c(O)c1. The smallest absolute Gasteiger partial charge is 0.341 e. The summed E-state index contributed by atoms with van der Waals surface area (Å²) in [5.41, 5.74) is 5.16. The van der Waals surface area contributed by atoms with Crippen molar-refractivity contribution in [2.75, 3.05) is 19.0 Å². The Kier molecular flexibility index (Phi) is 11.3. The summed E-state index contributed by atoms with van der Waals surface area (Å²) >= 11 is 0. The molecule has 0 aliphatic carbocycles. The first-order chi connectivity index (χ1) is 16.0. The molecular formula is C22H33N5O7. The van der Waals surface area contributed by atoms with Crippen LogP contribution in [0.5, 0.6) is 5.75 Å². The van der Waals surface area contributed by atoms with Crippen LogP contribution in [0.3, 0.4) is 0 Å². The molecule has 1 aromatic carbocycles. The number of carbonyl (C=O) groups excluding carboxylic acids is 5. The van der Waals surface area contributed by atoms with Crippen molar-refractivity contribution in [1.29, 1.82) is 0 Å². The van der Waals surface area contributed by atoms with Gasteiger partial charge >= 0.3 is 12.0 Å². The van der Waals surface area contributed by atoms with Crippen molar-refractivity contribution in [3.8, 4) is 5.75 Å². The van der Waals surface area contributed by atoms with Gasteiger partial charge in [-0.05, 0) is 30.9 Å². The fourth-order valence-corrected chi connectivity index (χ4v) is 3.09. The van der Waals surface area contributed by atoms with Gasteiger partial charge in [-0.1, -0.05) is 20.3 Å².